The third kappa shape index (κ3) is 7.85. The van der Waals surface area contributed by atoms with Crippen molar-refractivity contribution in [1.82, 2.24) is 5.32 Å². The molecule has 10 heteroatoms. The molecule has 1 amide bonds. The molecule has 0 spiro atoms. The van der Waals surface area contributed by atoms with Gasteiger partial charge >= 0.3 is 12.8 Å². The van der Waals surface area contributed by atoms with Crippen molar-refractivity contribution in [2.75, 3.05) is 26.4 Å². The van der Waals surface area contributed by atoms with Crippen molar-refractivity contribution in [2.24, 2.45) is 5.16 Å². The molecule has 8 nitrogen and oxygen atoms in total. The summed E-state index contributed by atoms with van der Waals surface area (Å²) in [7, 11) is 0. The summed E-state index contributed by atoms with van der Waals surface area (Å²) in [6.45, 7) is 1.57. The third-order valence-corrected chi connectivity index (χ3v) is 4.83. The van der Waals surface area contributed by atoms with Crippen LogP contribution in [0.15, 0.2) is 29.4 Å². The molecule has 0 radical (unpaired) electrons. The number of carbonyl (C=O) groups is 1. The van der Waals surface area contributed by atoms with Crippen molar-refractivity contribution in [2.45, 2.75) is 13.8 Å². The first-order valence-electron chi connectivity index (χ1n) is 7.30. The molecule has 1 rings (SSSR count). The first kappa shape index (κ1) is 20.5. The molecule has 0 fully saturated rings. The van der Waals surface area contributed by atoms with Crippen molar-refractivity contribution in [3.63, 3.8) is 0 Å². The Kier molecular flexibility index (Phi) is 9.51. The van der Waals surface area contributed by atoms with Crippen molar-refractivity contribution in [3.05, 3.63) is 29.8 Å². The SMILES string of the molecule is CCOP(=S)(OCC)Oc1ccc(/C=N/OC(=O)NCCO)cc1. The van der Waals surface area contributed by atoms with Crippen LogP contribution in [0.25, 0.3) is 0 Å². The number of aliphatic hydroxyl groups excluding tert-OH is 1. The van der Waals surface area contributed by atoms with Gasteiger partial charge in [0.1, 0.15) is 5.75 Å². The fourth-order valence-corrected chi connectivity index (χ4v) is 3.56. The van der Waals surface area contributed by atoms with Gasteiger partial charge < -0.3 is 14.9 Å². The van der Waals surface area contributed by atoms with Gasteiger partial charge in [-0.1, -0.05) is 5.16 Å². The summed E-state index contributed by atoms with van der Waals surface area (Å²) in [5.41, 5.74) is 0.693. The second-order valence-electron chi connectivity index (χ2n) is 4.21. The van der Waals surface area contributed by atoms with Gasteiger partial charge in [0.2, 0.25) is 0 Å². The van der Waals surface area contributed by atoms with Crippen molar-refractivity contribution < 1.29 is 28.3 Å². The number of aliphatic hydroxyl groups is 1. The van der Waals surface area contributed by atoms with Gasteiger partial charge in [0, 0.05) is 18.4 Å². The molecular formula is C14H21N2O6PS. The highest BCUT2D eigenvalue weighted by molar-refractivity contribution is 8.07. The van der Waals surface area contributed by atoms with Gasteiger partial charge in [-0.2, -0.15) is 0 Å². The topological polar surface area (TPSA) is 98.6 Å². The van der Waals surface area contributed by atoms with Gasteiger partial charge in [0.25, 0.3) is 0 Å². The van der Waals surface area contributed by atoms with E-state index in [9.17, 15) is 4.79 Å². The smallest absolute Gasteiger partial charge is 0.424 e. The maximum atomic E-state index is 11.1. The zero-order chi connectivity index (χ0) is 17.8. The standard InChI is InChI=1S/C14H21N2O6PS/c1-3-19-23(24,20-4-2)22-13-7-5-12(6-8-13)11-16-21-14(18)15-9-10-17/h5-8,11,17H,3-4,9-10H2,1-2H3,(H,15,18)/b16-11+. The molecule has 1 aromatic rings. The molecular weight excluding hydrogens is 355 g/mol. The monoisotopic (exact) mass is 376 g/mol. The number of rotatable bonds is 10. The quantitative estimate of drug-likeness (QED) is 0.280. The van der Waals surface area contributed by atoms with Gasteiger partial charge in [-0.15, -0.1) is 0 Å². The summed E-state index contributed by atoms with van der Waals surface area (Å²) in [5.74, 6) is 0.513. The van der Waals surface area contributed by atoms with Gasteiger partial charge in [-0.3, -0.25) is 13.9 Å². The van der Waals surface area contributed by atoms with Crippen LogP contribution in [0.2, 0.25) is 0 Å². The molecule has 134 valence electrons. The average molecular weight is 376 g/mol. The highest BCUT2D eigenvalue weighted by atomic mass is 32.5. The highest BCUT2D eigenvalue weighted by Gasteiger charge is 2.20. The zero-order valence-corrected chi connectivity index (χ0v) is 15.2. The van der Waals surface area contributed by atoms with Crippen LogP contribution < -0.4 is 9.84 Å². The Morgan fingerprint density at radius 3 is 2.46 bits per heavy atom. The number of nitrogens with one attached hydrogen (secondary N) is 1. The van der Waals surface area contributed by atoms with E-state index in [1.165, 1.54) is 6.21 Å². The number of nitrogens with zero attached hydrogens (tertiary/aromatic N) is 1. The molecule has 0 atom stereocenters. The minimum Gasteiger partial charge on any atom is -0.424 e. The Labute approximate surface area is 146 Å². The summed E-state index contributed by atoms with van der Waals surface area (Å²) >= 11 is 5.28. The van der Waals surface area contributed by atoms with E-state index >= 15 is 0 Å². The summed E-state index contributed by atoms with van der Waals surface area (Å²) in [6.07, 6.45) is 0.623. The molecule has 24 heavy (non-hydrogen) atoms. The summed E-state index contributed by atoms with van der Waals surface area (Å²) in [6, 6.07) is 6.80. The van der Waals surface area contributed by atoms with Crippen molar-refractivity contribution >= 4 is 30.8 Å². The van der Waals surface area contributed by atoms with Crippen LogP contribution >= 0.6 is 6.72 Å². The predicted molar refractivity (Wildman–Crippen MR) is 93.8 cm³/mol. The van der Waals surface area contributed by atoms with Crippen LogP contribution in [0.5, 0.6) is 5.75 Å². The fraction of sp³-hybridized carbons (Fsp3) is 0.429. The predicted octanol–water partition coefficient (Wildman–Crippen LogP) is 2.42. The van der Waals surface area contributed by atoms with E-state index in [0.29, 0.717) is 24.5 Å². The molecule has 0 heterocycles. The molecule has 0 saturated heterocycles. The van der Waals surface area contributed by atoms with Gasteiger partial charge in [-0.05, 0) is 43.7 Å². The van der Waals surface area contributed by atoms with E-state index in [2.05, 4.69) is 15.3 Å². The lowest BCUT2D eigenvalue weighted by molar-refractivity contribution is 0.148. The van der Waals surface area contributed by atoms with Crippen LogP contribution in [-0.2, 0) is 25.7 Å². The lowest BCUT2D eigenvalue weighted by Crippen LogP contribution is -2.25. The van der Waals surface area contributed by atoms with Crippen molar-refractivity contribution in [1.29, 1.82) is 0 Å². The van der Waals surface area contributed by atoms with E-state index in [1.54, 1.807) is 24.3 Å². The van der Waals surface area contributed by atoms with Gasteiger partial charge in [0.15, 0.2) is 0 Å². The number of carbonyl (C=O) groups excluding carboxylic acids is 1. The molecule has 0 aliphatic carbocycles. The number of benzene rings is 1. The van der Waals surface area contributed by atoms with Crippen molar-refractivity contribution in [3.8, 4) is 5.75 Å². The lowest BCUT2D eigenvalue weighted by Gasteiger charge is -2.20. The Morgan fingerprint density at radius 2 is 1.92 bits per heavy atom. The summed E-state index contributed by atoms with van der Waals surface area (Å²) < 4.78 is 16.4. The molecule has 2 N–H and O–H groups in total. The van der Waals surface area contributed by atoms with Gasteiger partial charge in [0.05, 0.1) is 26.0 Å². The van der Waals surface area contributed by atoms with Crippen LogP contribution in [0.4, 0.5) is 4.79 Å². The Morgan fingerprint density at radius 1 is 1.29 bits per heavy atom. The second-order valence-corrected chi connectivity index (χ2v) is 7.14. The number of oxime groups is 1. The van der Waals surface area contributed by atoms with Crippen LogP contribution in [0, 0.1) is 0 Å². The molecule has 0 unspecified atom stereocenters. The lowest BCUT2D eigenvalue weighted by atomic mass is 10.2. The first-order chi connectivity index (χ1) is 11.5. The maximum Gasteiger partial charge on any atom is 0.433 e. The molecule has 1 aromatic carbocycles. The summed E-state index contributed by atoms with van der Waals surface area (Å²) in [4.78, 5) is 15.7. The second kappa shape index (κ2) is 11.1. The zero-order valence-electron chi connectivity index (χ0n) is 13.5. The Bertz CT molecular complexity index is 571. The minimum absolute atomic E-state index is 0.103. The number of hydrogen-bond donors (Lipinski definition) is 2. The number of amides is 1. The average Bonchev–Trinajstić information content (AvgIpc) is 2.55. The Balaban J connectivity index is 2.59. The van der Waals surface area contributed by atoms with Gasteiger partial charge in [-0.25, -0.2) is 4.79 Å². The van der Waals surface area contributed by atoms with E-state index in [-0.39, 0.29) is 13.2 Å². The van der Waals surface area contributed by atoms with Crippen LogP contribution in [-0.4, -0.2) is 43.8 Å². The Hall–Kier alpha value is -1.51. The molecule has 0 aliphatic rings. The molecule has 0 aliphatic heterocycles. The summed E-state index contributed by atoms with van der Waals surface area (Å²) in [5, 5.41) is 14.4. The normalized spacial score (nSPS) is 11.5. The first-order valence-corrected chi connectivity index (χ1v) is 9.86. The van der Waals surface area contributed by atoms with E-state index in [1.807, 2.05) is 13.8 Å². The maximum absolute atomic E-state index is 11.1. The largest absolute Gasteiger partial charge is 0.433 e. The third-order valence-electron chi connectivity index (χ3n) is 2.39. The van der Waals surface area contributed by atoms with Crippen LogP contribution in [0.3, 0.4) is 0 Å². The van der Waals surface area contributed by atoms with E-state index < -0.39 is 12.8 Å². The van der Waals surface area contributed by atoms with E-state index in [4.69, 9.17) is 30.5 Å². The minimum atomic E-state index is -2.80. The fourth-order valence-electron chi connectivity index (χ4n) is 1.48. The molecule has 0 saturated carbocycles. The number of hydrogen-bond acceptors (Lipinski definition) is 8. The molecule has 0 aromatic heterocycles. The molecule has 0 bridgehead atoms. The van der Waals surface area contributed by atoms with Crippen LogP contribution in [0.1, 0.15) is 19.4 Å². The van der Waals surface area contributed by atoms with E-state index in [0.717, 1.165) is 0 Å². The highest BCUT2D eigenvalue weighted by Crippen LogP contribution is 2.49.